The van der Waals surface area contributed by atoms with Crippen LogP contribution in [0.15, 0.2) is 0 Å². The number of carbonyl (C=O) groups excluding carboxylic acids is 1. The van der Waals surface area contributed by atoms with Gasteiger partial charge in [-0.2, -0.15) is 0 Å². The van der Waals surface area contributed by atoms with Crippen molar-refractivity contribution < 1.29 is 13.2 Å². The molecule has 3 atom stereocenters. The molecule has 1 amide bonds. The van der Waals surface area contributed by atoms with E-state index in [1.807, 2.05) is 0 Å². The van der Waals surface area contributed by atoms with Crippen LogP contribution in [0.2, 0.25) is 0 Å². The largest absolute Gasteiger partial charge is 0.341 e. The number of fused-ring (bicyclic) bond motifs is 2. The zero-order chi connectivity index (χ0) is 14.2. The molecule has 0 saturated carbocycles. The minimum atomic E-state index is -3.35. The van der Waals surface area contributed by atoms with Gasteiger partial charge in [-0.15, -0.1) is 0 Å². The van der Waals surface area contributed by atoms with Crippen LogP contribution in [0.1, 0.15) is 32.6 Å². The van der Waals surface area contributed by atoms with Crippen LogP contribution in [0.4, 0.5) is 0 Å². The van der Waals surface area contributed by atoms with E-state index < -0.39 is 16.1 Å². The maximum Gasteiger partial charge on any atom is 0.240 e. The van der Waals surface area contributed by atoms with Gasteiger partial charge in [-0.25, -0.2) is 13.1 Å². The minimum Gasteiger partial charge on any atom is -0.341 e. The van der Waals surface area contributed by atoms with E-state index in [0.717, 1.165) is 19.1 Å². The number of piperidine rings is 1. The second-order valence-corrected chi connectivity index (χ2v) is 7.60. The molecule has 2 saturated heterocycles. The van der Waals surface area contributed by atoms with Crippen LogP contribution in [0.25, 0.3) is 0 Å². The smallest absolute Gasteiger partial charge is 0.240 e. The topological polar surface area (TPSA) is 78.5 Å². The Morgan fingerprint density at radius 2 is 1.84 bits per heavy atom. The summed E-state index contributed by atoms with van der Waals surface area (Å²) in [5.74, 6) is -0.156. The number of rotatable bonds is 4. The predicted octanol–water partition coefficient (Wildman–Crippen LogP) is -0.334. The molecule has 110 valence electrons. The van der Waals surface area contributed by atoms with Gasteiger partial charge in [-0.3, -0.25) is 4.79 Å². The van der Waals surface area contributed by atoms with Crippen LogP contribution in [0.3, 0.4) is 0 Å². The van der Waals surface area contributed by atoms with Gasteiger partial charge >= 0.3 is 0 Å². The summed E-state index contributed by atoms with van der Waals surface area (Å²) in [5, 5.41) is 3.53. The van der Waals surface area contributed by atoms with E-state index in [4.69, 9.17) is 0 Å². The molecule has 2 aliphatic rings. The Balaban J connectivity index is 1.95. The first-order chi connectivity index (χ1) is 8.76. The van der Waals surface area contributed by atoms with E-state index in [-0.39, 0.29) is 11.9 Å². The third kappa shape index (κ3) is 3.67. The summed E-state index contributed by atoms with van der Waals surface area (Å²) >= 11 is 0. The van der Waals surface area contributed by atoms with Gasteiger partial charge in [0.1, 0.15) is 0 Å². The molecule has 2 bridgehead atoms. The zero-order valence-corrected chi connectivity index (χ0v) is 12.5. The summed E-state index contributed by atoms with van der Waals surface area (Å²) in [6.45, 7) is 1.59. The van der Waals surface area contributed by atoms with Gasteiger partial charge in [0.15, 0.2) is 0 Å². The van der Waals surface area contributed by atoms with Crippen molar-refractivity contribution in [3.63, 3.8) is 0 Å². The van der Waals surface area contributed by atoms with Crippen molar-refractivity contribution in [2.24, 2.45) is 0 Å². The lowest BCUT2D eigenvalue weighted by atomic mass is 9.98. The molecule has 2 heterocycles. The maximum atomic E-state index is 12.2. The molecule has 2 rings (SSSR count). The fourth-order valence-corrected chi connectivity index (χ4v) is 3.94. The second-order valence-electron chi connectivity index (χ2n) is 5.82. The van der Waals surface area contributed by atoms with Crippen molar-refractivity contribution in [3.05, 3.63) is 0 Å². The van der Waals surface area contributed by atoms with E-state index in [9.17, 15) is 13.2 Å². The predicted molar refractivity (Wildman–Crippen MR) is 73.2 cm³/mol. The van der Waals surface area contributed by atoms with Gasteiger partial charge in [0.05, 0.1) is 12.3 Å². The maximum absolute atomic E-state index is 12.2. The van der Waals surface area contributed by atoms with Gasteiger partial charge in [0.2, 0.25) is 15.9 Å². The Kier molecular flexibility index (Phi) is 4.17. The summed E-state index contributed by atoms with van der Waals surface area (Å²) in [6.07, 6.45) is 5.36. The summed E-state index contributed by atoms with van der Waals surface area (Å²) in [6, 6.07) is 0.539. The lowest BCUT2D eigenvalue weighted by Gasteiger charge is -2.36. The number of amides is 1. The van der Waals surface area contributed by atoms with E-state index >= 15 is 0 Å². The quantitative estimate of drug-likeness (QED) is 0.742. The lowest BCUT2D eigenvalue weighted by Crippen LogP contribution is -2.53. The number of nitrogens with one attached hydrogen (secondary N) is 2. The van der Waals surface area contributed by atoms with E-state index in [1.54, 1.807) is 18.9 Å². The summed E-state index contributed by atoms with van der Waals surface area (Å²) in [4.78, 5) is 13.9. The lowest BCUT2D eigenvalue weighted by molar-refractivity contribution is -0.134. The summed E-state index contributed by atoms with van der Waals surface area (Å²) < 4.78 is 24.7. The molecule has 0 radical (unpaired) electrons. The molecule has 2 aliphatic heterocycles. The van der Waals surface area contributed by atoms with Crippen molar-refractivity contribution >= 4 is 15.9 Å². The highest BCUT2D eigenvalue weighted by Crippen LogP contribution is 2.29. The highest BCUT2D eigenvalue weighted by Gasteiger charge is 2.37. The molecule has 19 heavy (non-hydrogen) atoms. The molecular weight excluding hydrogens is 266 g/mol. The molecule has 7 heteroatoms. The SMILES string of the molecule is CC(NS(C)(=O)=O)C(=O)N(C)C1CC2CCC(C1)N2. The average molecular weight is 289 g/mol. The molecule has 3 unspecified atom stereocenters. The Morgan fingerprint density at radius 3 is 2.32 bits per heavy atom. The number of likely N-dealkylation sites (N-methyl/N-ethyl adjacent to an activating group) is 1. The average Bonchev–Trinajstić information content (AvgIpc) is 2.64. The van der Waals surface area contributed by atoms with Crippen LogP contribution in [-0.2, 0) is 14.8 Å². The molecule has 0 aliphatic carbocycles. The second kappa shape index (κ2) is 5.38. The monoisotopic (exact) mass is 289 g/mol. The molecular formula is C12H23N3O3S. The van der Waals surface area contributed by atoms with E-state index in [2.05, 4.69) is 10.0 Å². The van der Waals surface area contributed by atoms with Crippen LogP contribution < -0.4 is 10.0 Å². The van der Waals surface area contributed by atoms with Gasteiger partial charge in [0, 0.05) is 25.2 Å². The van der Waals surface area contributed by atoms with Crippen LogP contribution in [-0.4, -0.2) is 56.7 Å². The molecule has 0 aromatic heterocycles. The van der Waals surface area contributed by atoms with Crippen molar-refractivity contribution in [1.82, 2.24) is 14.9 Å². The number of sulfonamides is 1. The normalized spacial score (nSPS) is 32.1. The molecule has 0 aromatic carbocycles. The van der Waals surface area contributed by atoms with Gasteiger partial charge in [-0.1, -0.05) is 0 Å². The third-order valence-electron chi connectivity index (χ3n) is 4.10. The first-order valence-electron chi connectivity index (χ1n) is 6.76. The number of carbonyl (C=O) groups is 1. The Morgan fingerprint density at radius 1 is 1.32 bits per heavy atom. The molecule has 0 aromatic rings. The summed E-state index contributed by atoms with van der Waals surface area (Å²) in [7, 11) is -1.58. The fourth-order valence-electron chi connectivity index (χ4n) is 3.20. The van der Waals surface area contributed by atoms with Crippen molar-refractivity contribution in [3.8, 4) is 0 Å². The fraction of sp³-hybridized carbons (Fsp3) is 0.917. The number of hydrogen-bond donors (Lipinski definition) is 2. The number of hydrogen-bond acceptors (Lipinski definition) is 4. The standard InChI is InChI=1S/C12H23N3O3S/c1-8(14-19(3,17)18)12(16)15(2)11-6-9-4-5-10(7-11)13-9/h8-11,13-14H,4-7H2,1-3H3. The van der Waals surface area contributed by atoms with Gasteiger partial charge < -0.3 is 10.2 Å². The zero-order valence-electron chi connectivity index (χ0n) is 11.7. The van der Waals surface area contributed by atoms with Crippen LogP contribution in [0.5, 0.6) is 0 Å². The van der Waals surface area contributed by atoms with Crippen molar-refractivity contribution in [2.45, 2.75) is 56.8 Å². The highest BCUT2D eigenvalue weighted by molar-refractivity contribution is 7.88. The highest BCUT2D eigenvalue weighted by atomic mass is 32.2. The van der Waals surface area contributed by atoms with E-state index in [0.29, 0.717) is 12.1 Å². The Hall–Kier alpha value is -0.660. The van der Waals surface area contributed by atoms with Crippen LogP contribution in [0, 0.1) is 0 Å². The van der Waals surface area contributed by atoms with Gasteiger partial charge in [0.25, 0.3) is 0 Å². The molecule has 0 spiro atoms. The van der Waals surface area contributed by atoms with Crippen LogP contribution >= 0.6 is 0 Å². The van der Waals surface area contributed by atoms with Crippen molar-refractivity contribution in [2.75, 3.05) is 13.3 Å². The summed E-state index contributed by atoms with van der Waals surface area (Å²) in [5.41, 5.74) is 0. The molecule has 6 nitrogen and oxygen atoms in total. The molecule has 2 N–H and O–H groups in total. The van der Waals surface area contributed by atoms with E-state index in [1.165, 1.54) is 12.8 Å². The Labute approximate surface area is 115 Å². The minimum absolute atomic E-state index is 0.156. The molecule has 2 fully saturated rings. The van der Waals surface area contributed by atoms with Gasteiger partial charge in [-0.05, 0) is 32.6 Å². The first kappa shape index (κ1) is 14.7. The number of nitrogens with zero attached hydrogens (tertiary/aromatic N) is 1. The Bertz CT molecular complexity index is 439. The third-order valence-corrected chi connectivity index (χ3v) is 4.89. The van der Waals surface area contributed by atoms with Crippen molar-refractivity contribution in [1.29, 1.82) is 0 Å². The first-order valence-corrected chi connectivity index (χ1v) is 8.65.